The van der Waals surface area contributed by atoms with Crippen molar-refractivity contribution < 1.29 is 28.5 Å². The first kappa shape index (κ1) is 26.0. The van der Waals surface area contributed by atoms with Gasteiger partial charge in [0.05, 0.1) is 42.4 Å². The fraction of sp³-hybridized carbons (Fsp3) is 0.185. The molecule has 0 saturated carbocycles. The van der Waals surface area contributed by atoms with Crippen LogP contribution in [0.3, 0.4) is 0 Å². The van der Waals surface area contributed by atoms with Crippen LogP contribution in [0.15, 0.2) is 60.0 Å². The number of allylic oxidation sites excluding steroid dienone is 1. The van der Waals surface area contributed by atoms with Crippen molar-refractivity contribution >= 4 is 29.2 Å². The Kier molecular flexibility index (Phi) is 7.67. The topological polar surface area (TPSA) is 113 Å². The summed E-state index contributed by atoms with van der Waals surface area (Å²) < 4.78 is 27.5. The van der Waals surface area contributed by atoms with E-state index in [0.717, 1.165) is 0 Å². The third-order valence-corrected chi connectivity index (χ3v) is 6.24. The van der Waals surface area contributed by atoms with Crippen molar-refractivity contribution in [1.82, 2.24) is 0 Å². The van der Waals surface area contributed by atoms with E-state index in [0.29, 0.717) is 40.7 Å². The molecule has 1 aliphatic rings. The average molecular weight is 541 g/mol. The maximum atomic E-state index is 12.8. The molecule has 10 heteroatoms. The van der Waals surface area contributed by atoms with Gasteiger partial charge < -0.3 is 29.4 Å². The van der Waals surface area contributed by atoms with Crippen molar-refractivity contribution in [2.24, 2.45) is 5.73 Å². The van der Waals surface area contributed by atoms with E-state index in [1.807, 2.05) is 0 Å². The smallest absolute Gasteiger partial charge is 0.343 e. The number of methoxy groups -OCH3 is 2. The van der Waals surface area contributed by atoms with Crippen LogP contribution in [-0.4, -0.2) is 26.8 Å². The van der Waals surface area contributed by atoms with E-state index in [1.165, 1.54) is 25.3 Å². The highest BCUT2D eigenvalue weighted by molar-refractivity contribution is 6.37. The van der Waals surface area contributed by atoms with Gasteiger partial charge in [0, 0.05) is 23.3 Å². The first-order chi connectivity index (χ1) is 17.8. The standard InChI is InChI=1S/C27H22Cl2N2O6/c1-4-35-25-20(28)9-14(10-21(25)29)27(32)36-16-6-8-18-23(12-16)37-26(31)19(13-30)24(18)17-7-5-15(33-2)11-22(17)34-3/h5-12,24H,4,31H2,1-3H3. The number of benzene rings is 3. The number of carbonyl (C=O) groups is 1. The minimum absolute atomic E-state index is 0.0635. The van der Waals surface area contributed by atoms with Gasteiger partial charge in [-0.15, -0.1) is 0 Å². The lowest BCUT2D eigenvalue weighted by atomic mass is 9.83. The molecular weight excluding hydrogens is 519 g/mol. The number of nitrogens with two attached hydrogens (primary N) is 1. The summed E-state index contributed by atoms with van der Waals surface area (Å²) in [5.41, 5.74) is 7.81. The number of ether oxygens (including phenoxy) is 5. The van der Waals surface area contributed by atoms with Crippen molar-refractivity contribution in [2.75, 3.05) is 20.8 Å². The summed E-state index contributed by atoms with van der Waals surface area (Å²) in [6, 6.07) is 15.1. The van der Waals surface area contributed by atoms with Crippen LogP contribution in [0.5, 0.6) is 28.7 Å². The molecule has 0 saturated heterocycles. The normalized spacial score (nSPS) is 14.2. The van der Waals surface area contributed by atoms with Crippen molar-refractivity contribution in [3.8, 4) is 34.8 Å². The van der Waals surface area contributed by atoms with Gasteiger partial charge in [-0.3, -0.25) is 0 Å². The van der Waals surface area contributed by atoms with Gasteiger partial charge in [0.1, 0.15) is 34.6 Å². The molecule has 1 unspecified atom stereocenters. The highest BCUT2D eigenvalue weighted by atomic mass is 35.5. The van der Waals surface area contributed by atoms with Crippen molar-refractivity contribution in [2.45, 2.75) is 12.8 Å². The van der Waals surface area contributed by atoms with Gasteiger partial charge in [-0.05, 0) is 31.2 Å². The molecule has 0 fully saturated rings. The largest absolute Gasteiger partial charge is 0.497 e. The molecule has 0 aromatic heterocycles. The molecule has 8 nitrogen and oxygen atoms in total. The molecule has 2 N–H and O–H groups in total. The van der Waals surface area contributed by atoms with Crippen molar-refractivity contribution in [3.05, 3.63) is 86.7 Å². The molecule has 37 heavy (non-hydrogen) atoms. The Balaban J connectivity index is 1.69. The average Bonchev–Trinajstić information content (AvgIpc) is 2.89. The zero-order valence-corrected chi connectivity index (χ0v) is 21.6. The Morgan fingerprint density at radius 1 is 1.03 bits per heavy atom. The van der Waals surface area contributed by atoms with Crippen molar-refractivity contribution in [1.29, 1.82) is 5.26 Å². The molecule has 0 spiro atoms. The molecule has 1 aliphatic heterocycles. The van der Waals surface area contributed by atoms with E-state index < -0.39 is 11.9 Å². The third-order valence-electron chi connectivity index (χ3n) is 5.68. The highest BCUT2D eigenvalue weighted by Crippen LogP contribution is 2.46. The van der Waals surface area contributed by atoms with E-state index in [2.05, 4.69) is 6.07 Å². The van der Waals surface area contributed by atoms with Gasteiger partial charge in [-0.1, -0.05) is 35.3 Å². The summed E-state index contributed by atoms with van der Waals surface area (Å²) in [5.74, 6) is 0.593. The summed E-state index contributed by atoms with van der Waals surface area (Å²) in [6.07, 6.45) is 0. The van der Waals surface area contributed by atoms with Crippen LogP contribution in [0.2, 0.25) is 10.0 Å². The number of hydrogen-bond acceptors (Lipinski definition) is 8. The molecule has 190 valence electrons. The predicted molar refractivity (Wildman–Crippen MR) is 138 cm³/mol. The van der Waals surface area contributed by atoms with Gasteiger partial charge >= 0.3 is 5.97 Å². The van der Waals surface area contributed by atoms with Crippen molar-refractivity contribution in [3.63, 3.8) is 0 Å². The fourth-order valence-corrected chi connectivity index (χ4v) is 4.60. The molecule has 4 rings (SSSR count). The zero-order valence-electron chi connectivity index (χ0n) is 20.1. The highest BCUT2D eigenvalue weighted by Gasteiger charge is 2.33. The Labute approximate surface area is 223 Å². The Morgan fingerprint density at radius 2 is 1.70 bits per heavy atom. The number of nitrogens with zero attached hydrogens (tertiary/aromatic N) is 1. The molecule has 1 heterocycles. The Bertz CT molecular complexity index is 1420. The van der Waals surface area contributed by atoms with Crippen LogP contribution in [0.1, 0.15) is 34.3 Å². The van der Waals surface area contributed by atoms with Gasteiger partial charge in [-0.2, -0.15) is 5.26 Å². The van der Waals surface area contributed by atoms with Crippen LogP contribution in [-0.2, 0) is 0 Å². The summed E-state index contributed by atoms with van der Waals surface area (Å²) in [6.45, 7) is 2.16. The van der Waals surface area contributed by atoms with E-state index in [9.17, 15) is 10.1 Å². The molecule has 3 aromatic rings. The second kappa shape index (κ2) is 10.9. The number of carbonyl (C=O) groups excluding carboxylic acids is 1. The van der Waals surface area contributed by atoms with E-state index >= 15 is 0 Å². The maximum Gasteiger partial charge on any atom is 0.343 e. The molecule has 0 radical (unpaired) electrons. The van der Waals surface area contributed by atoms with Crippen LogP contribution in [0.4, 0.5) is 0 Å². The molecule has 3 aromatic carbocycles. The summed E-state index contributed by atoms with van der Waals surface area (Å²) >= 11 is 12.4. The molecule has 1 atom stereocenters. The monoisotopic (exact) mass is 540 g/mol. The van der Waals surface area contributed by atoms with E-state index in [-0.39, 0.29) is 32.8 Å². The second-order valence-electron chi connectivity index (χ2n) is 7.82. The summed E-state index contributed by atoms with van der Waals surface area (Å²) in [7, 11) is 3.08. The first-order valence-corrected chi connectivity index (χ1v) is 11.8. The van der Waals surface area contributed by atoms with Gasteiger partial charge in [0.25, 0.3) is 0 Å². The minimum atomic E-state index is -0.683. The number of esters is 1. The number of nitriles is 1. The molecule has 0 aliphatic carbocycles. The third kappa shape index (κ3) is 5.10. The number of hydrogen-bond donors (Lipinski definition) is 1. The van der Waals surface area contributed by atoms with E-state index in [1.54, 1.807) is 44.4 Å². The lowest BCUT2D eigenvalue weighted by molar-refractivity contribution is 0.0734. The second-order valence-corrected chi connectivity index (χ2v) is 8.64. The number of fused-ring (bicyclic) bond motifs is 1. The van der Waals surface area contributed by atoms with Crippen LogP contribution >= 0.6 is 23.2 Å². The van der Waals surface area contributed by atoms with Gasteiger partial charge in [0.2, 0.25) is 5.88 Å². The Morgan fingerprint density at radius 3 is 2.32 bits per heavy atom. The zero-order chi connectivity index (χ0) is 26.7. The summed E-state index contributed by atoms with van der Waals surface area (Å²) in [4.78, 5) is 12.8. The quantitative estimate of drug-likeness (QED) is 0.293. The van der Waals surface area contributed by atoms with Crippen LogP contribution in [0, 0.1) is 11.3 Å². The number of rotatable bonds is 7. The van der Waals surface area contributed by atoms with Gasteiger partial charge in [-0.25, -0.2) is 4.79 Å². The lowest BCUT2D eigenvalue weighted by Gasteiger charge is -2.27. The van der Waals surface area contributed by atoms with Gasteiger partial charge in [0.15, 0.2) is 5.75 Å². The molecule has 0 bridgehead atoms. The lowest BCUT2D eigenvalue weighted by Crippen LogP contribution is -2.21. The SMILES string of the molecule is CCOc1c(Cl)cc(C(=O)Oc2ccc3c(c2)OC(N)=C(C#N)C3c2ccc(OC)cc2OC)cc1Cl. The van der Waals surface area contributed by atoms with Crippen LogP contribution < -0.4 is 29.4 Å². The fourth-order valence-electron chi connectivity index (χ4n) is 4.00. The molecular formula is C27H22Cl2N2O6. The van der Waals surface area contributed by atoms with Crippen LogP contribution in [0.25, 0.3) is 0 Å². The molecule has 0 amide bonds. The predicted octanol–water partition coefficient (Wildman–Crippen LogP) is 5.85. The first-order valence-electron chi connectivity index (χ1n) is 11.1. The summed E-state index contributed by atoms with van der Waals surface area (Å²) in [5, 5.41) is 10.2. The Hall–Kier alpha value is -4.06. The van der Waals surface area contributed by atoms with E-state index in [4.69, 9.17) is 52.6 Å². The minimum Gasteiger partial charge on any atom is -0.497 e. The number of halogens is 2. The maximum absolute atomic E-state index is 12.8.